The molecule has 10 heteroatoms. The van der Waals surface area contributed by atoms with E-state index in [1.807, 2.05) is 55.5 Å². The summed E-state index contributed by atoms with van der Waals surface area (Å²) >= 11 is 13.7. The molecule has 0 radical (unpaired) electrons. The van der Waals surface area contributed by atoms with Gasteiger partial charge in [0, 0.05) is 20.1 Å². The minimum absolute atomic E-state index is 0.189. The standard InChI is InChI=1S/C34H30Br2ClN3O4/c1-19(2)25-16-26(20(3)12-30(25)42-4)33-39-29-9-7-6-8-24(29)34(41)40(33)38-17-21-13-28(37)32(31(14-21)43-5)44-18-22-10-11-23(35)15-27(22)36/h6-17,19H,18H2,1-5H3. The van der Waals surface area contributed by atoms with Gasteiger partial charge in [-0.3, -0.25) is 4.79 Å². The van der Waals surface area contributed by atoms with Crippen molar-refractivity contribution in [3.63, 3.8) is 0 Å². The molecule has 0 spiro atoms. The highest BCUT2D eigenvalue weighted by atomic mass is 79.9. The fraction of sp³-hybridized carbons (Fsp3) is 0.206. The fourth-order valence-electron chi connectivity index (χ4n) is 4.84. The number of hydrogen-bond acceptors (Lipinski definition) is 6. The van der Waals surface area contributed by atoms with Crippen LogP contribution in [0.4, 0.5) is 0 Å². The quantitative estimate of drug-likeness (QED) is 0.141. The number of aryl methyl sites for hydroxylation is 1. The van der Waals surface area contributed by atoms with Crippen molar-refractivity contribution in [2.45, 2.75) is 33.3 Å². The average Bonchev–Trinajstić information content (AvgIpc) is 3.00. The summed E-state index contributed by atoms with van der Waals surface area (Å²) in [6.45, 7) is 6.43. The lowest BCUT2D eigenvalue weighted by atomic mass is 9.96. The molecule has 1 heterocycles. The van der Waals surface area contributed by atoms with Crippen LogP contribution in [-0.2, 0) is 6.61 Å². The Morgan fingerprint density at radius 2 is 1.75 bits per heavy atom. The van der Waals surface area contributed by atoms with E-state index in [0.717, 1.165) is 36.9 Å². The van der Waals surface area contributed by atoms with Gasteiger partial charge in [-0.1, -0.05) is 75.5 Å². The molecule has 0 atom stereocenters. The van der Waals surface area contributed by atoms with Crippen molar-refractivity contribution >= 4 is 60.6 Å². The van der Waals surface area contributed by atoms with E-state index in [0.29, 0.717) is 38.8 Å². The minimum Gasteiger partial charge on any atom is -0.496 e. The van der Waals surface area contributed by atoms with Gasteiger partial charge in [0.25, 0.3) is 5.56 Å². The summed E-state index contributed by atoms with van der Waals surface area (Å²) in [6, 6.07) is 20.6. The van der Waals surface area contributed by atoms with Gasteiger partial charge < -0.3 is 14.2 Å². The van der Waals surface area contributed by atoms with Gasteiger partial charge in [-0.05, 0) is 78.1 Å². The Kier molecular flexibility index (Phi) is 9.78. The predicted octanol–water partition coefficient (Wildman–Crippen LogP) is 9.15. The molecule has 4 aromatic carbocycles. The van der Waals surface area contributed by atoms with Crippen molar-refractivity contribution in [2.24, 2.45) is 5.10 Å². The molecule has 1 aromatic heterocycles. The lowest BCUT2D eigenvalue weighted by Gasteiger charge is -2.17. The number of para-hydroxylation sites is 1. The predicted molar refractivity (Wildman–Crippen MR) is 184 cm³/mol. The van der Waals surface area contributed by atoms with Crippen molar-refractivity contribution in [1.29, 1.82) is 0 Å². The molecule has 0 N–H and O–H groups in total. The van der Waals surface area contributed by atoms with Gasteiger partial charge in [-0.15, -0.1) is 0 Å². The molecule has 226 valence electrons. The molecule has 7 nitrogen and oxygen atoms in total. The number of aromatic nitrogens is 2. The van der Waals surface area contributed by atoms with Gasteiger partial charge >= 0.3 is 0 Å². The highest BCUT2D eigenvalue weighted by Crippen LogP contribution is 2.38. The number of rotatable bonds is 9. The van der Waals surface area contributed by atoms with Crippen LogP contribution in [0.2, 0.25) is 5.02 Å². The summed E-state index contributed by atoms with van der Waals surface area (Å²) in [5, 5.41) is 5.44. The van der Waals surface area contributed by atoms with E-state index < -0.39 is 0 Å². The topological polar surface area (TPSA) is 74.9 Å². The highest BCUT2D eigenvalue weighted by molar-refractivity contribution is 9.11. The first-order valence-electron chi connectivity index (χ1n) is 13.8. The van der Waals surface area contributed by atoms with Gasteiger partial charge in [-0.25, -0.2) is 4.98 Å². The van der Waals surface area contributed by atoms with E-state index in [4.69, 9.17) is 30.8 Å². The Bertz CT molecular complexity index is 1960. The first kappa shape index (κ1) is 31.8. The van der Waals surface area contributed by atoms with Gasteiger partial charge in [0.2, 0.25) is 0 Å². The highest BCUT2D eigenvalue weighted by Gasteiger charge is 2.19. The number of ether oxygens (including phenoxy) is 3. The summed E-state index contributed by atoms with van der Waals surface area (Å²) < 4.78 is 20.5. The van der Waals surface area contributed by atoms with Crippen molar-refractivity contribution in [2.75, 3.05) is 14.2 Å². The normalized spacial score (nSPS) is 11.5. The zero-order chi connectivity index (χ0) is 31.5. The molecule has 0 aliphatic rings. The summed E-state index contributed by atoms with van der Waals surface area (Å²) in [7, 11) is 3.20. The molecule has 0 fully saturated rings. The second kappa shape index (κ2) is 13.5. The maximum atomic E-state index is 13.8. The van der Waals surface area contributed by atoms with Crippen molar-refractivity contribution in [3.8, 4) is 28.6 Å². The molecule has 0 aliphatic carbocycles. The van der Waals surface area contributed by atoms with E-state index in [1.165, 1.54) is 4.68 Å². The van der Waals surface area contributed by atoms with Crippen molar-refractivity contribution in [3.05, 3.63) is 113 Å². The van der Waals surface area contributed by atoms with Gasteiger partial charge in [0.05, 0.1) is 36.4 Å². The van der Waals surface area contributed by atoms with Crippen LogP contribution in [0.1, 0.15) is 42.0 Å². The maximum absolute atomic E-state index is 13.8. The Hall–Kier alpha value is -3.66. The van der Waals surface area contributed by atoms with Crippen molar-refractivity contribution in [1.82, 2.24) is 9.66 Å². The summed E-state index contributed by atoms with van der Waals surface area (Å²) in [5.41, 5.74) is 4.55. The molecular weight excluding hydrogens is 710 g/mol. The SMILES string of the molecule is COc1cc(C)c(-c2nc3ccccc3c(=O)n2N=Cc2cc(Cl)c(OCc3ccc(Br)cc3Br)c(OC)c2)cc1C(C)C. The Morgan fingerprint density at radius 3 is 2.45 bits per heavy atom. The van der Waals surface area contributed by atoms with Crippen LogP contribution < -0.4 is 19.8 Å². The monoisotopic (exact) mass is 737 g/mol. The summed E-state index contributed by atoms with van der Waals surface area (Å²) in [6.07, 6.45) is 1.56. The smallest absolute Gasteiger partial charge is 0.282 e. The molecule has 5 rings (SSSR count). The molecular formula is C34H30Br2ClN3O4. The molecule has 5 aromatic rings. The van der Waals surface area contributed by atoms with E-state index in [2.05, 4.69) is 50.8 Å². The van der Waals surface area contributed by atoms with Crippen LogP contribution in [0, 0.1) is 6.92 Å². The number of methoxy groups -OCH3 is 2. The average molecular weight is 740 g/mol. The second-order valence-corrected chi connectivity index (χ2v) is 12.6. The van der Waals surface area contributed by atoms with Crippen LogP contribution in [-0.4, -0.2) is 30.1 Å². The van der Waals surface area contributed by atoms with Gasteiger partial charge in [0.1, 0.15) is 12.4 Å². The third-order valence-corrected chi connectivity index (χ3v) is 8.67. The molecule has 44 heavy (non-hydrogen) atoms. The van der Waals surface area contributed by atoms with E-state index in [9.17, 15) is 4.79 Å². The molecule has 0 amide bonds. The molecule has 0 unspecified atom stereocenters. The van der Waals surface area contributed by atoms with Crippen LogP contribution in [0.25, 0.3) is 22.3 Å². The van der Waals surface area contributed by atoms with E-state index >= 15 is 0 Å². The van der Waals surface area contributed by atoms with Crippen LogP contribution in [0.5, 0.6) is 17.2 Å². The number of nitrogens with zero attached hydrogens (tertiary/aromatic N) is 3. The lowest BCUT2D eigenvalue weighted by Crippen LogP contribution is -2.20. The zero-order valence-corrected chi connectivity index (χ0v) is 28.7. The van der Waals surface area contributed by atoms with E-state index in [-0.39, 0.29) is 18.1 Å². The number of halogens is 3. The largest absolute Gasteiger partial charge is 0.496 e. The van der Waals surface area contributed by atoms with Gasteiger partial charge in [0.15, 0.2) is 17.3 Å². The van der Waals surface area contributed by atoms with Crippen LogP contribution in [0.3, 0.4) is 0 Å². The molecule has 0 aliphatic heterocycles. The molecule has 0 saturated carbocycles. The first-order valence-corrected chi connectivity index (χ1v) is 15.8. The number of hydrogen-bond donors (Lipinski definition) is 0. The third-order valence-electron chi connectivity index (χ3n) is 7.15. The fourth-order valence-corrected chi connectivity index (χ4v) is 6.27. The van der Waals surface area contributed by atoms with Crippen molar-refractivity contribution < 1.29 is 14.2 Å². The number of benzene rings is 4. The molecule has 0 saturated heterocycles. The Morgan fingerprint density at radius 1 is 1.00 bits per heavy atom. The Balaban J connectivity index is 1.58. The minimum atomic E-state index is -0.291. The van der Waals surface area contributed by atoms with Crippen LogP contribution in [0.15, 0.2) is 85.6 Å². The first-order chi connectivity index (χ1) is 21.1. The summed E-state index contributed by atoms with van der Waals surface area (Å²) in [4.78, 5) is 18.7. The second-order valence-electron chi connectivity index (χ2n) is 10.4. The lowest BCUT2D eigenvalue weighted by molar-refractivity contribution is 0.284. The summed E-state index contributed by atoms with van der Waals surface area (Å²) in [5.74, 6) is 2.24. The molecule has 0 bridgehead atoms. The van der Waals surface area contributed by atoms with E-state index in [1.54, 1.807) is 38.6 Å². The Labute approximate surface area is 277 Å². The maximum Gasteiger partial charge on any atom is 0.282 e. The third kappa shape index (κ3) is 6.55. The zero-order valence-electron chi connectivity index (χ0n) is 24.8. The number of fused-ring (bicyclic) bond motifs is 1. The van der Waals surface area contributed by atoms with Crippen LogP contribution >= 0.6 is 43.5 Å². The van der Waals surface area contributed by atoms with Gasteiger partial charge in [-0.2, -0.15) is 9.78 Å².